The molecule has 0 saturated carbocycles. The molecule has 0 spiro atoms. The summed E-state index contributed by atoms with van der Waals surface area (Å²) in [7, 11) is 0. The van der Waals surface area contributed by atoms with Crippen LogP contribution in [-0.2, 0) is 112 Å². The van der Waals surface area contributed by atoms with Crippen LogP contribution in [0.2, 0.25) is 0 Å². The lowest BCUT2D eigenvalue weighted by molar-refractivity contribution is -0.0260. The van der Waals surface area contributed by atoms with Gasteiger partial charge in [-0.1, -0.05) is 84.9 Å². The Morgan fingerprint density at radius 3 is 0.500 bits per heavy atom. The van der Waals surface area contributed by atoms with Crippen molar-refractivity contribution in [1.82, 2.24) is 0 Å². The van der Waals surface area contributed by atoms with Crippen LogP contribution in [-0.4, -0.2) is 211 Å². The van der Waals surface area contributed by atoms with Crippen molar-refractivity contribution < 1.29 is 85.3 Å². The van der Waals surface area contributed by atoms with Crippen LogP contribution in [0.15, 0.2) is 84.9 Å². The predicted octanol–water partition coefficient (Wildman–Crippen LogP) is 5.39. The van der Waals surface area contributed by atoms with Gasteiger partial charge in [-0.25, -0.2) is 0 Å². The summed E-state index contributed by atoms with van der Waals surface area (Å²) in [5.41, 5.74) is 4.48. The van der Waals surface area contributed by atoms with Crippen LogP contribution in [0.4, 0.5) is 0 Å². The van der Waals surface area contributed by atoms with E-state index in [9.17, 15) is 0 Å². The lowest BCUT2D eigenvalue weighted by atomic mass is 10.1. The zero-order valence-electron chi connectivity index (χ0n) is 42.9. The van der Waals surface area contributed by atoms with E-state index in [2.05, 4.69) is 0 Å². The SMILES string of the molecule is c1ccc(COCCOCCOCCOCCOCCOCCOCCOCCOCc2ccccc2COCCOCCOCCOCCOCCOCCOCCOCCOCc2ccccc2)cc1. The highest BCUT2D eigenvalue weighted by molar-refractivity contribution is 5.25. The molecule has 0 saturated heterocycles. The molecular weight excluding hydrogens is 937 g/mol. The Morgan fingerprint density at radius 1 is 0.153 bits per heavy atom. The van der Waals surface area contributed by atoms with E-state index in [0.717, 1.165) is 22.3 Å². The number of rotatable bonds is 56. The van der Waals surface area contributed by atoms with Crippen LogP contribution in [0.25, 0.3) is 0 Å². The molecule has 0 heterocycles. The molecule has 18 heteroatoms. The molecule has 410 valence electrons. The second-order valence-corrected chi connectivity index (χ2v) is 15.5. The summed E-state index contributed by atoms with van der Waals surface area (Å²) in [6.07, 6.45) is 0. The summed E-state index contributed by atoms with van der Waals surface area (Å²) in [4.78, 5) is 0. The van der Waals surface area contributed by atoms with Crippen LogP contribution >= 0.6 is 0 Å². The molecule has 0 bridgehead atoms. The zero-order valence-corrected chi connectivity index (χ0v) is 42.9. The second kappa shape index (κ2) is 51.4. The summed E-state index contributed by atoms with van der Waals surface area (Å²) in [5.74, 6) is 0. The highest BCUT2D eigenvalue weighted by Gasteiger charge is 2.04. The zero-order chi connectivity index (χ0) is 50.4. The molecule has 72 heavy (non-hydrogen) atoms. The number of ether oxygens (including phenoxy) is 18. The largest absolute Gasteiger partial charge is 0.377 e. The van der Waals surface area contributed by atoms with Crippen LogP contribution < -0.4 is 0 Å². The van der Waals surface area contributed by atoms with E-state index in [4.69, 9.17) is 85.3 Å². The minimum atomic E-state index is 0.481. The summed E-state index contributed by atoms with van der Waals surface area (Å²) in [5, 5.41) is 0. The first-order valence-corrected chi connectivity index (χ1v) is 25.5. The maximum Gasteiger partial charge on any atom is 0.0721 e. The van der Waals surface area contributed by atoms with Crippen molar-refractivity contribution in [3.63, 3.8) is 0 Å². The van der Waals surface area contributed by atoms with Crippen LogP contribution in [0.3, 0.4) is 0 Å². The third kappa shape index (κ3) is 41.3. The molecule has 3 aromatic carbocycles. The van der Waals surface area contributed by atoms with E-state index in [1.54, 1.807) is 0 Å². The third-order valence-electron chi connectivity index (χ3n) is 9.81. The molecule has 18 nitrogen and oxygen atoms in total. The van der Waals surface area contributed by atoms with Gasteiger partial charge in [-0.15, -0.1) is 0 Å². The molecule has 0 N–H and O–H groups in total. The minimum Gasteiger partial charge on any atom is -0.377 e. The van der Waals surface area contributed by atoms with E-state index in [1.165, 1.54) is 0 Å². The average molecular weight is 1020 g/mol. The van der Waals surface area contributed by atoms with Gasteiger partial charge in [0.05, 0.1) is 238 Å². The van der Waals surface area contributed by atoms with Crippen molar-refractivity contribution in [1.29, 1.82) is 0 Å². The number of benzene rings is 3. The van der Waals surface area contributed by atoms with E-state index in [-0.39, 0.29) is 0 Å². The lowest BCUT2D eigenvalue weighted by Crippen LogP contribution is -2.15. The highest BCUT2D eigenvalue weighted by Crippen LogP contribution is 2.12. The molecule has 0 radical (unpaired) electrons. The molecule has 0 amide bonds. The quantitative estimate of drug-likeness (QED) is 0.0661. The van der Waals surface area contributed by atoms with Crippen molar-refractivity contribution in [3.8, 4) is 0 Å². The van der Waals surface area contributed by atoms with Gasteiger partial charge in [-0.2, -0.15) is 0 Å². The first-order chi connectivity index (χ1) is 35.9. The molecule has 3 aromatic rings. The Hall–Kier alpha value is -3.06. The van der Waals surface area contributed by atoms with Gasteiger partial charge in [-0.3, -0.25) is 0 Å². The van der Waals surface area contributed by atoms with Crippen molar-refractivity contribution in [3.05, 3.63) is 107 Å². The van der Waals surface area contributed by atoms with Crippen LogP contribution in [0.1, 0.15) is 22.3 Å². The molecule has 0 aliphatic heterocycles. The highest BCUT2D eigenvalue weighted by atomic mass is 16.6. The topological polar surface area (TPSA) is 166 Å². The Morgan fingerprint density at radius 2 is 0.306 bits per heavy atom. The van der Waals surface area contributed by atoms with Gasteiger partial charge < -0.3 is 85.3 Å². The molecular formula is C54H86O18. The Kier molecular flexibility index (Phi) is 45.2. The van der Waals surface area contributed by atoms with Gasteiger partial charge in [-0.05, 0) is 22.3 Å². The average Bonchev–Trinajstić information content (AvgIpc) is 3.41. The second-order valence-electron chi connectivity index (χ2n) is 15.5. The monoisotopic (exact) mass is 1020 g/mol. The first kappa shape index (κ1) is 63.2. The summed E-state index contributed by atoms with van der Waals surface area (Å²) >= 11 is 0. The number of hydrogen-bond acceptors (Lipinski definition) is 18. The normalized spacial score (nSPS) is 11.6. The van der Waals surface area contributed by atoms with Crippen molar-refractivity contribution in [2.24, 2.45) is 0 Å². The molecule has 0 fully saturated rings. The van der Waals surface area contributed by atoms with Crippen LogP contribution in [0, 0.1) is 0 Å². The Balaban J connectivity index is 0.931. The number of hydrogen-bond donors (Lipinski definition) is 0. The fourth-order valence-electron chi connectivity index (χ4n) is 6.05. The van der Waals surface area contributed by atoms with Gasteiger partial charge >= 0.3 is 0 Å². The van der Waals surface area contributed by atoms with Crippen molar-refractivity contribution >= 4 is 0 Å². The van der Waals surface area contributed by atoms with Gasteiger partial charge in [0.15, 0.2) is 0 Å². The smallest absolute Gasteiger partial charge is 0.0721 e. The summed E-state index contributed by atoms with van der Waals surface area (Å²) in [6, 6.07) is 28.2. The summed E-state index contributed by atoms with van der Waals surface area (Å²) in [6.45, 7) is 18.4. The Labute approximate surface area is 429 Å². The van der Waals surface area contributed by atoms with E-state index in [1.807, 2.05) is 84.9 Å². The molecule has 0 atom stereocenters. The summed E-state index contributed by atoms with van der Waals surface area (Å²) < 4.78 is 101. The minimum absolute atomic E-state index is 0.481. The van der Waals surface area contributed by atoms with Crippen molar-refractivity contribution in [2.75, 3.05) is 211 Å². The molecule has 0 aliphatic rings. The Bertz CT molecular complexity index is 1420. The molecule has 0 aromatic heterocycles. The standard InChI is InChI=1S/C54H86O18/c1-3-9-51(10-4-1)47-69-43-39-65-35-31-61-27-23-57-19-15-55-17-21-59-25-29-63-33-37-67-41-45-71-49-53-13-7-8-14-54(53)50-72-46-42-68-38-34-64-30-26-60-22-18-56-16-20-58-24-28-62-32-36-66-40-44-70-48-52-11-5-2-6-12-52/h1-14H,15-50H2. The first-order valence-electron chi connectivity index (χ1n) is 25.5. The third-order valence-corrected chi connectivity index (χ3v) is 9.81. The van der Waals surface area contributed by atoms with Crippen molar-refractivity contribution in [2.45, 2.75) is 26.4 Å². The van der Waals surface area contributed by atoms with Crippen LogP contribution in [0.5, 0.6) is 0 Å². The van der Waals surface area contributed by atoms with E-state index < -0.39 is 0 Å². The fourth-order valence-corrected chi connectivity index (χ4v) is 6.05. The van der Waals surface area contributed by atoms with Gasteiger partial charge in [0.2, 0.25) is 0 Å². The van der Waals surface area contributed by atoms with Gasteiger partial charge in [0.25, 0.3) is 0 Å². The fraction of sp³-hybridized carbons (Fsp3) is 0.667. The van der Waals surface area contributed by atoms with E-state index in [0.29, 0.717) is 238 Å². The van der Waals surface area contributed by atoms with Gasteiger partial charge in [0.1, 0.15) is 0 Å². The van der Waals surface area contributed by atoms with Gasteiger partial charge in [0, 0.05) is 0 Å². The predicted molar refractivity (Wildman–Crippen MR) is 269 cm³/mol. The lowest BCUT2D eigenvalue weighted by Gasteiger charge is -2.12. The molecule has 0 unspecified atom stereocenters. The molecule has 3 rings (SSSR count). The van der Waals surface area contributed by atoms with E-state index >= 15 is 0 Å². The maximum absolute atomic E-state index is 5.85. The maximum atomic E-state index is 5.85. The molecule has 0 aliphatic carbocycles.